The largest absolute Gasteiger partial charge is 0.490 e. The number of terminal acetylenes is 1. The maximum atomic E-state index is 12.3. The second kappa shape index (κ2) is 10.8. The highest BCUT2D eigenvalue weighted by Crippen LogP contribution is 2.31. The molecular formula is C26H28N4O3. The average Bonchev–Trinajstić information content (AvgIpc) is 2.84. The van der Waals surface area contributed by atoms with Crippen LogP contribution in [0.25, 0.3) is 11.5 Å². The fourth-order valence-corrected chi connectivity index (χ4v) is 4.17. The number of hydrogen-bond donors (Lipinski definition) is 1. The number of piperidine rings is 1. The average molecular weight is 445 g/mol. The zero-order valence-electron chi connectivity index (χ0n) is 18.8. The number of nitrogens with zero attached hydrogens (tertiary/aromatic N) is 3. The van der Waals surface area contributed by atoms with Gasteiger partial charge in [0.15, 0.2) is 17.3 Å². The van der Waals surface area contributed by atoms with E-state index in [4.69, 9.17) is 20.9 Å². The maximum Gasteiger partial charge on any atom is 0.251 e. The molecule has 170 valence electrons. The van der Waals surface area contributed by atoms with Gasteiger partial charge >= 0.3 is 0 Å². The van der Waals surface area contributed by atoms with Crippen molar-refractivity contribution in [3.8, 4) is 35.4 Å². The molecule has 1 N–H and O–H groups in total. The number of rotatable bonds is 8. The molecule has 0 saturated carbocycles. The van der Waals surface area contributed by atoms with Gasteiger partial charge < -0.3 is 14.5 Å². The Balaban J connectivity index is 1.49. The van der Waals surface area contributed by atoms with Crippen molar-refractivity contribution in [2.24, 2.45) is 0 Å². The van der Waals surface area contributed by atoms with Crippen LogP contribution in [-0.4, -0.2) is 46.2 Å². The molecule has 1 aliphatic rings. The van der Waals surface area contributed by atoms with E-state index in [1.165, 1.54) is 0 Å². The molecule has 0 bridgehead atoms. The van der Waals surface area contributed by atoms with Gasteiger partial charge in [-0.2, -0.15) is 0 Å². The summed E-state index contributed by atoms with van der Waals surface area (Å²) in [6.45, 7) is 5.30. The molecule has 1 aromatic carbocycles. The van der Waals surface area contributed by atoms with E-state index in [1.54, 1.807) is 12.3 Å². The molecule has 7 heteroatoms. The minimum Gasteiger partial charge on any atom is -0.490 e. The van der Waals surface area contributed by atoms with E-state index in [9.17, 15) is 4.79 Å². The predicted octanol–water partition coefficient (Wildman–Crippen LogP) is 3.62. The maximum absolute atomic E-state index is 12.3. The van der Waals surface area contributed by atoms with Crippen LogP contribution < -0.4 is 15.0 Å². The second-order valence-corrected chi connectivity index (χ2v) is 8.02. The van der Waals surface area contributed by atoms with Crippen molar-refractivity contribution in [1.82, 2.24) is 19.9 Å². The molecule has 0 aliphatic carbocycles. The van der Waals surface area contributed by atoms with Crippen molar-refractivity contribution >= 4 is 0 Å². The van der Waals surface area contributed by atoms with Gasteiger partial charge in [-0.25, -0.2) is 4.98 Å². The molecule has 1 fully saturated rings. The summed E-state index contributed by atoms with van der Waals surface area (Å²) in [5, 5.41) is 0. The van der Waals surface area contributed by atoms with Gasteiger partial charge in [0.25, 0.3) is 5.56 Å². The number of likely N-dealkylation sites (tertiary alicyclic amines) is 1. The molecule has 1 atom stereocenters. The summed E-state index contributed by atoms with van der Waals surface area (Å²) in [5.74, 6) is 4.55. The first-order valence-corrected chi connectivity index (χ1v) is 11.2. The van der Waals surface area contributed by atoms with Gasteiger partial charge in [-0.15, -0.1) is 6.42 Å². The highest BCUT2D eigenvalue weighted by atomic mass is 16.5. The van der Waals surface area contributed by atoms with E-state index in [2.05, 4.69) is 20.8 Å². The van der Waals surface area contributed by atoms with Gasteiger partial charge in [0, 0.05) is 31.3 Å². The Labute approximate surface area is 193 Å². The monoisotopic (exact) mass is 444 g/mol. The highest BCUT2D eigenvalue weighted by molar-refractivity contribution is 5.48. The summed E-state index contributed by atoms with van der Waals surface area (Å²) >= 11 is 0. The third-order valence-electron chi connectivity index (χ3n) is 5.62. The number of aromatic amines is 1. The van der Waals surface area contributed by atoms with Crippen LogP contribution in [0.4, 0.5) is 0 Å². The highest BCUT2D eigenvalue weighted by Gasteiger charge is 2.24. The van der Waals surface area contributed by atoms with E-state index in [1.807, 2.05) is 43.3 Å². The van der Waals surface area contributed by atoms with E-state index in [0.717, 1.165) is 43.7 Å². The van der Waals surface area contributed by atoms with Gasteiger partial charge in [0.05, 0.1) is 12.3 Å². The molecule has 0 radical (unpaired) electrons. The van der Waals surface area contributed by atoms with E-state index < -0.39 is 0 Å². The normalized spacial score (nSPS) is 16.2. The quantitative estimate of drug-likeness (QED) is 0.535. The van der Waals surface area contributed by atoms with Crippen LogP contribution in [-0.2, 0) is 6.54 Å². The molecule has 4 rings (SSSR count). The van der Waals surface area contributed by atoms with Crippen LogP contribution in [0.5, 0.6) is 11.5 Å². The lowest BCUT2D eigenvalue weighted by molar-refractivity contribution is 0.198. The number of pyridine rings is 1. The molecule has 2 aromatic heterocycles. The fraction of sp³-hybridized carbons (Fsp3) is 0.346. The van der Waals surface area contributed by atoms with E-state index >= 15 is 0 Å². The Morgan fingerprint density at radius 3 is 2.91 bits per heavy atom. The number of H-pyrrole nitrogens is 1. The molecule has 3 aromatic rings. The zero-order valence-corrected chi connectivity index (χ0v) is 18.8. The molecule has 33 heavy (non-hydrogen) atoms. The summed E-state index contributed by atoms with van der Waals surface area (Å²) in [6.07, 6.45) is 9.05. The first-order valence-electron chi connectivity index (χ1n) is 11.2. The summed E-state index contributed by atoms with van der Waals surface area (Å²) in [5.41, 5.74) is 2.47. The van der Waals surface area contributed by atoms with Crippen LogP contribution >= 0.6 is 0 Å². The van der Waals surface area contributed by atoms with Crippen molar-refractivity contribution in [2.45, 2.75) is 32.2 Å². The summed E-state index contributed by atoms with van der Waals surface area (Å²) in [4.78, 5) is 26.6. The topological polar surface area (TPSA) is 80.3 Å². The van der Waals surface area contributed by atoms with Crippen molar-refractivity contribution in [2.75, 3.05) is 26.3 Å². The molecule has 1 aliphatic heterocycles. The molecule has 7 nitrogen and oxygen atoms in total. The van der Waals surface area contributed by atoms with E-state index in [0.29, 0.717) is 29.6 Å². The first kappa shape index (κ1) is 22.6. The Morgan fingerprint density at radius 1 is 1.21 bits per heavy atom. The van der Waals surface area contributed by atoms with Crippen molar-refractivity contribution < 1.29 is 9.47 Å². The summed E-state index contributed by atoms with van der Waals surface area (Å²) in [6, 6.07) is 13.2. The predicted molar refractivity (Wildman–Crippen MR) is 127 cm³/mol. The van der Waals surface area contributed by atoms with Crippen molar-refractivity contribution in [3.05, 3.63) is 70.3 Å². The third-order valence-corrected chi connectivity index (χ3v) is 5.62. The minimum atomic E-state index is -0.151. The molecule has 3 heterocycles. The number of hydrogen-bond acceptors (Lipinski definition) is 6. The number of nitrogens with one attached hydrogen (secondary N) is 1. The molecule has 1 saturated heterocycles. The van der Waals surface area contributed by atoms with Crippen LogP contribution in [0.1, 0.15) is 36.9 Å². The fourth-order valence-electron chi connectivity index (χ4n) is 4.17. The van der Waals surface area contributed by atoms with Gasteiger partial charge in [0.2, 0.25) is 0 Å². The number of aromatic nitrogens is 3. The molecule has 0 spiro atoms. The van der Waals surface area contributed by atoms with Gasteiger partial charge in [-0.05, 0) is 56.1 Å². The molecular weight excluding hydrogens is 416 g/mol. The van der Waals surface area contributed by atoms with Gasteiger partial charge in [-0.3, -0.25) is 14.7 Å². The lowest BCUT2D eigenvalue weighted by Crippen LogP contribution is -2.34. The SMILES string of the molecule is C#CCOc1ccc(CN2CCCC(c3cc(=O)[nH]c(-c4ccccn4)n3)C2)cc1OCC. The lowest BCUT2D eigenvalue weighted by atomic mass is 9.94. The zero-order chi connectivity index (χ0) is 23.0. The lowest BCUT2D eigenvalue weighted by Gasteiger charge is -2.32. The third kappa shape index (κ3) is 5.79. The molecule has 0 amide bonds. The molecule has 1 unspecified atom stereocenters. The number of benzene rings is 1. The minimum absolute atomic E-state index is 0.151. The Kier molecular flexibility index (Phi) is 7.38. The van der Waals surface area contributed by atoms with Gasteiger partial charge in [-0.1, -0.05) is 18.1 Å². The Hall–Kier alpha value is -3.63. The van der Waals surface area contributed by atoms with Crippen LogP contribution in [0.3, 0.4) is 0 Å². The number of ether oxygens (including phenoxy) is 2. The van der Waals surface area contributed by atoms with Crippen molar-refractivity contribution in [1.29, 1.82) is 0 Å². The Bertz CT molecular complexity index is 1170. The van der Waals surface area contributed by atoms with Crippen LogP contribution in [0.2, 0.25) is 0 Å². The first-order chi connectivity index (χ1) is 16.2. The smallest absolute Gasteiger partial charge is 0.251 e. The van der Waals surface area contributed by atoms with Crippen LogP contribution in [0, 0.1) is 12.3 Å². The van der Waals surface area contributed by atoms with Gasteiger partial charge in [0.1, 0.15) is 12.3 Å². The summed E-state index contributed by atoms with van der Waals surface area (Å²) < 4.78 is 11.4. The Morgan fingerprint density at radius 2 is 2.12 bits per heavy atom. The van der Waals surface area contributed by atoms with Crippen molar-refractivity contribution in [3.63, 3.8) is 0 Å². The summed E-state index contributed by atoms with van der Waals surface area (Å²) in [7, 11) is 0. The van der Waals surface area contributed by atoms with Crippen LogP contribution in [0.15, 0.2) is 53.5 Å². The van der Waals surface area contributed by atoms with E-state index in [-0.39, 0.29) is 18.1 Å². The standard InChI is InChI=1S/C26H28N4O3/c1-3-14-33-23-11-10-19(15-24(23)32-4-2)17-30-13-7-8-20(18-30)22-16-25(31)29-26(28-22)21-9-5-6-12-27-21/h1,5-6,9-12,15-16,20H,4,7-8,13-14,17-18H2,2H3,(H,28,29,31). The second-order valence-electron chi connectivity index (χ2n) is 8.02.